The number of nitriles is 1. The largest absolute Gasteiger partial charge is 0.305 e. The number of nitrogens with zero attached hydrogens (tertiary/aromatic N) is 2. The summed E-state index contributed by atoms with van der Waals surface area (Å²) in [7, 11) is 0. The summed E-state index contributed by atoms with van der Waals surface area (Å²) in [4.78, 5) is 4.33. The van der Waals surface area contributed by atoms with Gasteiger partial charge in [-0.1, -0.05) is 12.5 Å². The monoisotopic (exact) mass is 215 g/mol. The molecule has 1 N–H and O–H groups in total. The lowest BCUT2D eigenvalue weighted by molar-refractivity contribution is 0.413. The molecule has 0 bridgehead atoms. The van der Waals surface area contributed by atoms with E-state index in [4.69, 9.17) is 5.26 Å². The molecule has 3 nitrogen and oxygen atoms in total. The van der Waals surface area contributed by atoms with Crippen molar-refractivity contribution in [1.29, 1.82) is 5.26 Å². The number of rotatable bonds is 3. The van der Waals surface area contributed by atoms with E-state index in [0.717, 1.165) is 25.0 Å². The molecule has 0 aromatic carbocycles. The smallest absolute Gasteiger partial charge is 0.0672 e. The van der Waals surface area contributed by atoms with E-state index < -0.39 is 0 Å². The van der Waals surface area contributed by atoms with Crippen LogP contribution < -0.4 is 5.32 Å². The Hall–Kier alpha value is -1.40. The Morgan fingerprint density at radius 2 is 2.38 bits per heavy atom. The molecule has 0 aliphatic heterocycles. The van der Waals surface area contributed by atoms with Crippen LogP contribution in [-0.2, 0) is 0 Å². The molecule has 1 fully saturated rings. The first kappa shape index (κ1) is 11.1. The molecule has 1 aliphatic rings. The van der Waals surface area contributed by atoms with Gasteiger partial charge < -0.3 is 5.32 Å². The van der Waals surface area contributed by atoms with Crippen molar-refractivity contribution < 1.29 is 0 Å². The summed E-state index contributed by atoms with van der Waals surface area (Å²) in [5.41, 5.74) is 1.05. The van der Waals surface area contributed by atoms with Gasteiger partial charge in [0.15, 0.2) is 0 Å². The molecule has 0 saturated heterocycles. The Kier molecular flexibility index (Phi) is 3.53. The van der Waals surface area contributed by atoms with Gasteiger partial charge in [-0.3, -0.25) is 4.98 Å². The van der Waals surface area contributed by atoms with Crippen LogP contribution in [0, 0.1) is 17.2 Å². The maximum atomic E-state index is 9.01. The zero-order valence-electron chi connectivity index (χ0n) is 9.56. The molecule has 3 heteroatoms. The topological polar surface area (TPSA) is 48.7 Å². The van der Waals surface area contributed by atoms with Crippen LogP contribution in [0.3, 0.4) is 0 Å². The van der Waals surface area contributed by atoms with Crippen molar-refractivity contribution in [2.75, 3.05) is 0 Å². The van der Waals surface area contributed by atoms with Crippen LogP contribution in [0.15, 0.2) is 24.4 Å². The Labute approximate surface area is 96.5 Å². The lowest BCUT2D eigenvalue weighted by Crippen LogP contribution is -2.34. The molecule has 0 spiro atoms. The molecule has 16 heavy (non-hydrogen) atoms. The second-order valence-corrected chi connectivity index (χ2v) is 4.42. The van der Waals surface area contributed by atoms with Gasteiger partial charge in [0.2, 0.25) is 0 Å². The molecule has 1 saturated carbocycles. The summed E-state index contributed by atoms with van der Waals surface area (Å²) >= 11 is 0. The fraction of sp³-hybridized carbons (Fsp3) is 0.538. The summed E-state index contributed by atoms with van der Waals surface area (Å²) in [5.74, 6) is 0.172. The maximum absolute atomic E-state index is 9.01. The van der Waals surface area contributed by atoms with Crippen molar-refractivity contribution >= 4 is 0 Å². The first-order chi connectivity index (χ1) is 7.81. The Bertz CT molecular complexity index is 369. The van der Waals surface area contributed by atoms with Gasteiger partial charge in [0.25, 0.3) is 0 Å². The van der Waals surface area contributed by atoms with E-state index >= 15 is 0 Å². The Morgan fingerprint density at radius 3 is 3.06 bits per heavy atom. The van der Waals surface area contributed by atoms with Gasteiger partial charge in [-0.2, -0.15) is 5.26 Å². The highest BCUT2D eigenvalue weighted by molar-refractivity contribution is 5.09. The predicted molar refractivity (Wildman–Crippen MR) is 62.5 cm³/mol. The van der Waals surface area contributed by atoms with Gasteiger partial charge in [-0.05, 0) is 31.9 Å². The summed E-state index contributed by atoms with van der Waals surface area (Å²) in [6, 6.07) is 8.88. The van der Waals surface area contributed by atoms with Gasteiger partial charge in [0.1, 0.15) is 0 Å². The highest BCUT2D eigenvalue weighted by Crippen LogP contribution is 2.26. The minimum absolute atomic E-state index is 0.172. The van der Waals surface area contributed by atoms with Gasteiger partial charge >= 0.3 is 0 Å². The van der Waals surface area contributed by atoms with Crippen molar-refractivity contribution in [3.05, 3.63) is 30.1 Å². The number of pyridine rings is 1. The molecule has 0 amide bonds. The molecule has 1 heterocycles. The lowest BCUT2D eigenvalue weighted by atomic mass is 10.0. The molecule has 0 radical (unpaired) electrons. The molecule has 2 unspecified atom stereocenters. The third kappa shape index (κ3) is 2.40. The number of hydrogen-bond acceptors (Lipinski definition) is 3. The Balaban J connectivity index is 1.98. The average molecular weight is 215 g/mol. The van der Waals surface area contributed by atoms with Crippen molar-refractivity contribution in [3.63, 3.8) is 0 Å². The second-order valence-electron chi connectivity index (χ2n) is 4.42. The van der Waals surface area contributed by atoms with Crippen LogP contribution in [0.1, 0.15) is 37.9 Å². The normalized spacial score (nSPS) is 26.2. The molecule has 84 valence electrons. The van der Waals surface area contributed by atoms with E-state index in [2.05, 4.69) is 23.3 Å². The second kappa shape index (κ2) is 5.09. The van der Waals surface area contributed by atoms with Crippen LogP contribution in [-0.4, -0.2) is 11.0 Å². The average Bonchev–Trinajstić information content (AvgIpc) is 2.77. The maximum Gasteiger partial charge on any atom is 0.0672 e. The zero-order chi connectivity index (χ0) is 11.4. The minimum Gasteiger partial charge on any atom is -0.305 e. The van der Waals surface area contributed by atoms with Crippen molar-refractivity contribution in [3.8, 4) is 6.07 Å². The van der Waals surface area contributed by atoms with E-state index in [9.17, 15) is 0 Å². The van der Waals surface area contributed by atoms with Gasteiger partial charge in [-0.15, -0.1) is 0 Å². The SMILES string of the molecule is C[C@@H](NC1CCCC1C#N)c1ccccn1. The molecule has 1 aliphatic carbocycles. The highest BCUT2D eigenvalue weighted by atomic mass is 15.0. The van der Waals surface area contributed by atoms with Gasteiger partial charge in [0, 0.05) is 18.3 Å². The van der Waals surface area contributed by atoms with Crippen molar-refractivity contribution in [2.45, 2.75) is 38.3 Å². The zero-order valence-corrected chi connectivity index (χ0v) is 9.56. The van der Waals surface area contributed by atoms with E-state index in [1.54, 1.807) is 0 Å². The van der Waals surface area contributed by atoms with Crippen LogP contribution in [0.25, 0.3) is 0 Å². The first-order valence-electron chi connectivity index (χ1n) is 5.88. The minimum atomic E-state index is 0.172. The molecule has 2 rings (SSSR count). The van der Waals surface area contributed by atoms with Crippen LogP contribution in [0.4, 0.5) is 0 Å². The number of nitrogens with one attached hydrogen (secondary N) is 1. The van der Waals surface area contributed by atoms with Gasteiger partial charge in [0.05, 0.1) is 17.7 Å². The van der Waals surface area contributed by atoms with Crippen LogP contribution in [0.5, 0.6) is 0 Å². The quantitative estimate of drug-likeness (QED) is 0.842. The van der Waals surface area contributed by atoms with E-state index in [0.29, 0.717) is 6.04 Å². The van der Waals surface area contributed by atoms with Crippen molar-refractivity contribution in [1.82, 2.24) is 10.3 Å². The summed E-state index contributed by atoms with van der Waals surface area (Å²) < 4.78 is 0. The summed E-state index contributed by atoms with van der Waals surface area (Å²) in [6.07, 6.45) is 5.10. The lowest BCUT2D eigenvalue weighted by Gasteiger charge is -2.21. The first-order valence-corrected chi connectivity index (χ1v) is 5.88. The molecular formula is C13H17N3. The predicted octanol–water partition coefficient (Wildman–Crippen LogP) is 2.42. The molecular weight excluding hydrogens is 198 g/mol. The van der Waals surface area contributed by atoms with Crippen LogP contribution >= 0.6 is 0 Å². The highest BCUT2D eigenvalue weighted by Gasteiger charge is 2.28. The number of aromatic nitrogens is 1. The fourth-order valence-electron chi connectivity index (χ4n) is 2.35. The third-order valence-electron chi connectivity index (χ3n) is 3.28. The fourth-order valence-corrected chi connectivity index (χ4v) is 2.35. The summed E-state index contributed by atoms with van der Waals surface area (Å²) in [6.45, 7) is 2.11. The van der Waals surface area contributed by atoms with E-state index in [1.807, 2.05) is 24.4 Å². The van der Waals surface area contributed by atoms with Crippen LogP contribution in [0.2, 0.25) is 0 Å². The van der Waals surface area contributed by atoms with Crippen molar-refractivity contribution in [2.24, 2.45) is 5.92 Å². The van der Waals surface area contributed by atoms with E-state index in [1.165, 1.54) is 0 Å². The molecule has 1 aromatic heterocycles. The van der Waals surface area contributed by atoms with Gasteiger partial charge in [-0.25, -0.2) is 0 Å². The standard InChI is InChI=1S/C13H17N3/c1-10(12-6-2-3-8-15-12)16-13-7-4-5-11(13)9-14/h2-3,6,8,10-11,13,16H,4-5,7H2,1H3/t10-,11?,13?/m1/s1. The Morgan fingerprint density at radius 1 is 1.50 bits per heavy atom. The summed E-state index contributed by atoms with van der Waals surface area (Å²) in [5, 5.41) is 12.5. The van der Waals surface area contributed by atoms with E-state index in [-0.39, 0.29) is 12.0 Å². The number of hydrogen-bond donors (Lipinski definition) is 1. The third-order valence-corrected chi connectivity index (χ3v) is 3.28. The molecule has 1 aromatic rings. The molecule has 3 atom stereocenters.